The van der Waals surface area contributed by atoms with E-state index in [0.717, 1.165) is 46.4 Å². The van der Waals surface area contributed by atoms with Gasteiger partial charge in [-0.15, -0.1) is 0 Å². The first-order valence-corrected chi connectivity index (χ1v) is 14.4. The van der Waals surface area contributed by atoms with Crippen LogP contribution in [0.4, 0.5) is 4.79 Å². The van der Waals surface area contributed by atoms with E-state index in [1.165, 1.54) is 4.90 Å². The number of carboxylic acid groups (broad SMARTS) is 1. The van der Waals surface area contributed by atoms with Gasteiger partial charge in [-0.25, -0.2) is 9.78 Å². The molecule has 4 rings (SSSR count). The van der Waals surface area contributed by atoms with Crippen molar-refractivity contribution in [2.45, 2.75) is 57.7 Å². The summed E-state index contributed by atoms with van der Waals surface area (Å²) in [5.41, 5.74) is 20.5. The summed E-state index contributed by atoms with van der Waals surface area (Å²) in [6.07, 6.45) is 2.70. The number of hydrogen-bond donors (Lipinski definition) is 6. The van der Waals surface area contributed by atoms with Crippen LogP contribution >= 0.6 is 0 Å². The molecule has 0 aliphatic heterocycles. The molecule has 1 aliphatic rings. The predicted molar refractivity (Wildman–Crippen MR) is 165 cm³/mol. The Labute approximate surface area is 254 Å². The number of aryl methyl sites for hydroxylation is 2. The summed E-state index contributed by atoms with van der Waals surface area (Å²) in [6.45, 7) is 1.80. The topological polar surface area (TPSA) is 224 Å². The minimum absolute atomic E-state index is 0.0472. The van der Waals surface area contributed by atoms with Gasteiger partial charge in [-0.05, 0) is 61.4 Å². The number of nitrogens with two attached hydrogens (primary N) is 3. The highest BCUT2D eigenvalue weighted by Gasteiger charge is 2.32. The van der Waals surface area contributed by atoms with Gasteiger partial charge in [0.05, 0.1) is 11.0 Å². The number of rotatable bonds is 14. The monoisotopic (exact) mass is 605 g/mol. The first kappa shape index (κ1) is 31.8. The van der Waals surface area contributed by atoms with E-state index in [4.69, 9.17) is 22.2 Å². The summed E-state index contributed by atoms with van der Waals surface area (Å²) < 4.78 is 2.02. The number of amides is 4. The molecular formula is C30H39N9O5. The summed E-state index contributed by atoms with van der Waals surface area (Å²) in [5.74, 6) is -0.916. The normalized spacial score (nSPS) is 13.2. The molecule has 4 amide bonds. The van der Waals surface area contributed by atoms with Gasteiger partial charge in [0.15, 0.2) is 5.96 Å². The van der Waals surface area contributed by atoms with Gasteiger partial charge in [0.1, 0.15) is 18.4 Å². The lowest BCUT2D eigenvalue weighted by Gasteiger charge is -2.31. The van der Waals surface area contributed by atoms with E-state index in [1.54, 1.807) is 36.4 Å². The number of imidazole rings is 1. The van der Waals surface area contributed by atoms with Gasteiger partial charge < -0.3 is 42.4 Å². The second kappa shape index (κ2) is 13.9. The van der Waals surface area contributed by atoms with Crippen molar-refractivity contribution in [1.82, 2.24) is 25.1 Å². The minimum Gasteiger partial charge on any atom is -0.480 e. The first-order chi connectivity index (χ1) is 20.9. The van der Waals surface area contributed by atoms with Crippen LogP contribution in [-0.2, 0) is 29.7 Å². The van der Waals surface area contributed by atoms with Crippen LogP contribution in [0.25, 0.3) is 11.0 Å². The van der Waals surface area contributed by atoms with Crippen molar-refractivity contribution in [1.29, 1.82) is 0 Å². The number of aliphatic carboxylic acids is 1. The Hall–Kier alpha value is -5.14. The van der Waals surface area contributed by atoms with Crippen molar-refractivity contribution in [3.63, 3.8) is 0 Å². The maximum Gasteiger partial charge on any atom is 0.322 e. The molecule has 2 aromatic carbocycles. The molecule has 44 heavy (non-hydrogen) atoms. The molecule has 1 saturated carbocycles. The number of guanidine groups is 1. The van der Waals surface area contributed by atoms with Crippen LogP contribution < -0.4 is 27.8 Å². The molecule has 1 fully saturated rings. The minimum atomic E-state index is -1.21. The van der Waals surface area contributed by atoms with Gasteiger partial charge in [-0.1, -0.05) is 24.3 Å². The van der Waals surface area contributed by atoms with Crippen LogP contribution in [0.2, 0.25) is 0 Å². The Balaban J connectivity index is 1.71. The van der Waals surface area contributed by atoms with E-state index < -0.39 is 36.4 Å². The molecule has 0 bridgehead atoms. The fourth-order valence-electron chi connectivity index (χ4n) is 5.14. The highest BCUT2D eigenvalue weighted by molar-refractivity contribution is 6.01. The zero-order valence-electron chi connectivity index (χ0n) is 24.9. The number of carbonyl (C=O) groups is 4. The van der Waals surface area contributed by atoms with Crippen molar-refractivity contribution >= 4 is 40.8 Å². The lowest BCUT2D eigenvalue weighted by molar-refractivity contribution is -0.138. The van der Waals surface area contributed by atoms with Gasteiger partial charge in [-0.2, -0.15) is 0 Å². The summed E-state index contributed by atoms with van der Waals surface area (Å²) >= 11 is 0. The smallest absolute Gasteiger partial charge is 0.322 e. The Morgan fingerprint density at radius 3 is 2.39 bits per heavy atom. The molecule has 3 aromatic rings. The van der Waals surface area contributed by atoms with Gasteiger partial charge in [-0.3, -0.25) is 19.4 Å². The molecule has 14 nitrogen and oxygen atoms in total. The molecule has 1 atom stereocenters. The van der Waals surface area contributed by atoms with Gasteiger partial charge in [0, 0.05) is 38.2 Å². The molecular weight excluding hydrogens is 566 g/mol. The lowest BCUT2D eigenvalue weighted by atomic mass is 10.0. The summed E-state index contributed by atoms with van der Waals surface area (Å²) in [7, 11) is 1.94. The van der Waals surface area contributed by atoms with Crippen molar-refractivity contribution < 1.29 is 24.3 Å². The SMILES string of the molecule is Cc1cc(C(=O)N(Cc2ccc(CNC(N)=O)cc2)[C@H](CCCN=C(N)N)C(=O)NCC(=O)O)cc2c1nc(C1CC1)n2C. The first-order valence-electron chi connectivity index (χ1n) is 14.4. The fourth-order valence-corrected chi connectivity index (χ4v) is 5.14. The van der Waals surface area contributed by atoms with Gasteiger partial charge >= 0.3 is 12.0 Å². The van der Waals surface area contributed by atoms with E-state index in [0.29, 0.717) is 17.9 Å². The molecule has 0 radical (unpaired) electrons. The number of fused-ring (bicyclic) bond motifs is 1. The van der Waals surface area contributed by atoms with Gasteiger partial charge in [0.2, 0.25) is 5.91 Å². The molecule has 1 aliphatic carbocycles. The molecule has 234 valence electrons. The third-order valence-electron chi connectivity index (χ3n) is 7.53. The Morgan fingerprint density at radius 1 is 1.09 bits per heavy atom. The number of nitrogens with zero attached hydrogens (tertiary/aromatic N) is 4. The quantitative estimate of drug-likeness (QED) is 0.0887. The number of aromatic nitrogens is 2. The zero-order valence-corrected chi connectivity index (χ0v) is 24.9. The van der Waals surface area contributed by atoms with E-state index in [9.17, 15) is 24.3 Å². The van der Waals surface area contributed by atoms with Crippen LogP contribution in [0.3, 0.4) is 0 Å². The third kappa shape index (κ3) is 8.02. The maximum atomic E-state index is 14.3. The second-order valence-electron chi connectivity index (χ2n) is 11.0. The molecule has 0 spiro atoms. The number of aliphatic imine (C=N–C) groups is 1. The zero-order chi connectivity index (χ0) is 32.0. The number of nitrogens with one attached hydrogen (secondary N) is 2. The van der Waals surface area contributed by atoms with Crippen molar-refractivity contribution in [2.75, 3.05) is 13.1 Å². The summed E-state index contributed by atoms with van der Waals surface area (Å²) in [5, 5.41) is 14.2. The van der Waals surface area contributed by atoms with Crippen LogP contribution in [0.1, 0.15) is 64.5 Å². The summed E-state index contributed by atoms with van der Waals surface area (Å²) in [4.78, 5) is 60.4. The van der Waals surface area contributed by atoms with E-state index in [-0.39, 0.29) is 32.0 Å². The standard InChI is InChI=1S/C30H39N9O5/c1-17-12-21(13-23-25(17)37-26(38(23)2)20-9-10-20)28(43)39(16-19-7-5-18(6-8-19)14-36-30(33)44)22(4-3-11-34-29(31)32)27(42)35-15-24(40)41/h5-8,12-13,20,22H,3-4,9-11,14-16H2,1-2H3,(H,35,42)(H,40,41)(H4,31,32,34)(H3,33,36,44)/t22-/m1/s1. The van der Waals surface area contributed by atoms with Crippen LogP contribution in [0, 0.1) is 6.92 Å². The van der Waals surface area contributed by atoms with Crippen molar-refractivity contribution in [3.05, 3.63) is 64.5 Å². The van der Waals surface area contributed by atoms with Crippen molar-refractivity contribution in [3.8, 4) is 0 Å². The molecule has 0 unspecified atom stereocenters. The number of carbonyl (C=O) groups excluding carboxylic acids is 3. The molecule has 0 saturated heterocycles. The van der Waals surface area contributed by atoms with Crippen LogP contribution in [0.15, 0.2) is 41.4 Å². The number of carboxylic acids is 1. The summed E-state index contributed by atoms with van der Waals surface area (Å²) in [6, 6.07) is 9.05. The highest BCUT2D eigenvalue weighted by Crippen LogP contribution is 2.40. The maximum absolute atomic E-state index is 14.3. The van der Waals surface area contributed by atoms with Gasteiger partial charge in [0.25, 0.3) is 5.91 Å². The highest BCUT2D eigenvalue weighted by atomic mass is 16.4. The number of benzene rings is 2. The average molecular weight is 606 g/mol. The van der Waals surface area contributed by atoms with E-state index >= 15 is 0 Å². The number of hydrogen-bond acceptors (Lipinski definition) is 6. The Bertz CT molecular complexity index is 1570. The van der Waals surface area contributed by atoms with Crippen LogP contribution in [0.5, 0.6) is 0 Å². The number of primary amides is 1. The predicted octanol–water partition coefficient (Wildman–Crippen LogP) is 1.19. The molecule has 1 aromatic heterocycles. The average Bonchev–Trinajstić information content (AvgIpc) is 3.77. The molecule has 1 heterocycles. The second-order valence-corrected chi connectivity index (χ2v) is 11.0. The third-order valence-corrected chi connectivity index (χ3v) is 7.53. The van der Waals surface area contributed by atoms with E-state index in [1.807, 2.05) is 18.5 Å². The van der Waals surface area contributed by atoms with E-state index in [2.05, 4.69) is 15.6 Å². The fraction of sp³-hybridized carbons (Fsp3) is 0.400. The number of urea groups is 1. The Kier molecular flexibility index (Phi) is 10.0. The lowest BCUT2D eigenvalue weighted by Crippen LogP contribution is -2.50. The van der Waals surface area contributed by atoms with Crippen molar-refractivity contribution in [2.24, 2.45) is 29.2 Å². The molecule has 14 heteroatoms. The molecule has 9 N–H and O–H groups in total. The largest absolute Gasteiger partial charge is 0.480 e. The van der Waals surface area contributed by atoms with Crippen LogP contribution in [-0.4, -0.2) is 68.5 Å². The Morgan fingerprint density at radius 2 is 1.77 bits per heavy atom.